The highest BCUT2D eigenvalue weighted by Crippen LogP contribution is 2.44. The molecule has 1 N–H and O–H groups in total. The third-order valence-corrected chi connectivity index (χ3v) is 6.62. The molecule has 0 bridgehead atoms. The number of methoxy groups -OCH3 is 1. The normalized spacial score (nSPS) is 16.8. The number of hydrogen-bond acceptors (Lipinski definition) is 5. The second-order valence-corrected chi connectivity index (χ2v) is 8.39. The smallest absolute Gasteiger partial charge is 0.325 e. The quantitative estimate of drug-likeness (QED) is 0.609. The van der Waals surface area contributed by atoms with Crippen molar-refractivity contribution >= 4 is 34.4 Å². The number of amides is 2. The lowest BCUT2D eigenvalue weighted by molar-refractivity contribution is -0.141. The third-order valence-electron chi connectivity index (χ3n) is 6.62. The van der Waals surface area contributed by atoms with Gasteiger partial charge in [-0.2, -0.15) is 0 Å². The number of aryl methyl sites for hydroxylation is 1. The molecule has 2 aromatic carbocycles. The molecule has 0 saturated heterocycles. The van der Waals surface area contributed by atoms with Crippen molar-refractivity contribution in [1.29, 1.82) is 0 Å². The van der Waals surface area contributed by atoms with Crippen LogP contribution in [0.2, 0.25) is 0 Å². The van der Waals surface area contributed by atoms with Crippen LogP contribution in [0.15, 0.2) is 48.5 Å². The fourth-order valence-corrected chi connectivity index (χ4v) is 5.09. The number of para-hydroxylation sites is 2. The van der Waals surface area contributed by atoms with Gasteiger partial charge < -0.3 is 24.4 Å². The van der Waals surface area contributed by atoms with Gasteiger partial charge >= 0.3 is 5.97 Å². The molecule has 5 rings (SSSR count). The highest BCUT2D eigenvalue weighted by molar-refractivity contribution is 6.02. The van der Waals surface area contributed by atoms with Crippen molar-refractivity contribution < 1.29 is 19.1 Å². The van der Waals surface area contributed by atoms with Crippen LogP contribution < -0.4 is 10.2 Å². The summed E-state index contributed by atoms with van der Waals surface area (Å²) in [7, 11) is 3.31. The van der Waals surface area contributed by atoms with Crippen molar-refractivity contribution in [2.24, 2.45) is 0 Å². The lowest BCUT2D eigenvalue weighted by Crippen LogP contribution is -2.51. The Labute approximate surface area is 191 Å². The van der Waals surface area contributed by atoms with Gasteiger partial charge in [-0.05, 0) is 30.2 Å². The predicted molar refractivity (Wildman–Crippen MR) is 124 cm³/mol. The molecule has 0 spiro atoms. The number of aromatic nitrogens is 1. The molecule has 1 unspecified atom stereocenters. The Morgan fingerprint density at radius 1 is 1.12 bits per heavy atom. The summed E-state index contributed by atoms with van der Waals surface area (Å²) in [5.41, 5.74) is 4.94. The van der Waals surface area contributed by atoms with Gasteiger partial charge in [0, 0.05) is 37.5 Å². The van der Waals surface area contributed by atoms with Gasteiger partial charge in [-0.15, -0.1) is 0 Å². The van der Waals surface area contributed by atoms with Crippen LogP contribution in [0.3, 0.4) is 0 Å². The van der Waals surface area contributed by atoms with E-state index in [1.54, 1.807) is 0 Å². The van der Waals surface area contributed by atoms with E-state index in [4.69, 9.17) is 0 Å². The number of nitrogens with one attached hydrogen (secondary N) is 1. The largest absolute Gasteiger partial charge is 0.468 e. The fraction of sp³-hybridized carbons (Fsp3) is 0.320. The number of fused-ring (bicyclic) bond motifs is 6. The molecule has 0 saturated carbocycles. The number of carbonyl (C=O) groups is 3. The van der Waals surface area contributed by atoms with E-state index >= 15 is 0 Å². The van der Waals surface area contributed by atoms with Gasteiger partial charge in [-0.25, -0.2) is 0 Å². The maximum absolute atomic E-state index is 13.4. The van der Waals surface area contributed by atoms with E-state index in [0.29, 0.717) is 18.7 Å². The molecule has 3 heterocycles. The topological polar surface area (TPSA) is 83.9 Å². The number of hydrogen-bond donors (Lipinski definition) is 1. The molecular weight excluding hydrogens is 420 g/mol. The first-order chi connectivity index (χ1) is 16.0. The number of nitrogens with zero attached hydrogens (tertiary/aromatic N) is 3. The van der Waals surface area contributed by atoms with Crippen LogP contribution in [0.4, 0.5) is 5.69 Å². The lowest BCUT2D eigenvalue weighted by Gasteiger charge is -2.46. The van der Waals surface area contributed by atoms with Crippen molar-refractivity contribution in [3.05, 3.63) is 65.4 Å². The van der Waals surface area contributed by atoms with Gasteiger partial charge in [0.1, 0.15) is 12.7 Å². The van der Waals surface area contributed by atoms with Gasteiger partial charge in [0.2, 0.25) is 5.91 Å². The SMILES string of the molecule is COC(=O)CNC(=O)CCn1c2c(c3ccccc31)CCN1C(=O)c3ccccc3N(C)C21. The van der Waals surface area contributed by atoms with Gasteiger partial charge in [0.15, 0.2) is 0 Å². The van der Waals surface area contributed by atoms with E-state index in [1.807, 2.05) is 48.3 Å². The van der Waals surface area contributed by atoms with E-state index in [1.165, 1.54) is 12.7 Å². The zero-order chi connectivity index (χ0) is 23.1. The molecule has 8 heteroatoms. The Hall–Kier alpha value is -3.81. The number of rotatable bonds is 5. The second kappa shape index (κ2) is 8.27. The number of ether oxygens (including phenoxy) is 1. The monoisotopic (exact) mass is 446 g/mol. The summed E-state index contributed by atoms with van der Waals surface area (Å²) < 4.78 is 6.75. The number of esters is 1. The van der Waals surface area contributed by atoms with E-state index in [-0.39, 0.29) is 30.9 Å². The van der Waals surface area contributed by atoms with Crippen molar-refractivity contribution in [3.8, 4) is 0 Å². The number of benzene rings is 2. The van der Waals surface area contributed by atoms with Gasteiger partial charge in [0.25, 0.3) is 5.91 Å². The average Bonchev–Trinajstić information content (AvgIpc) is 3.17. The zero-order valence-corrected chi connectivity index (χ0v) is 18.7. The number of carbonyl (C=O) groups excluding carboxylic acids is 3. The Morgan fingerprint density at radius 2 is 1.88 bits per heavy atom. The fourth-order valence-electron chi connectivity index (χ4n) is 5.09. The Balaban J connectivity index is 1.54. The number of anilines is 1. The van der Waals surface area contributed by atoms with Crippen molar-refractivity contribution in [1.82, 2.24) is 14.8 Å². The van der Waals surface area contributed by atoms with Crippen LogP contribution in [0.5, 0.6) is 0 Å². The summed E-state index contributed by atoms with van der Waals surface area (Å²) in [5.74, 6) is -0.672. The maximum atomic E-state index is 13.4. The summed E-state index contributed by atoms with van der Waals surface area (Å²) >= 11 is 0. The lowest BCUT2D eigenvalue weighted by atomic mass is 9.96. The first-order valence-corrected chi connectivity index (χ1v) is 11.1. The first kappa shape index (κ1) is 21.1. The summed E-state index contributed by atoms with van der Waals surface area (Å²) in [6.45, 7) is 0.934. The first-order valence-electron chi connectivity index (χ1n) is 11.1. The minimum Gasteiger partial charge on any atom is -0.468 e. The van der Waals surface area contributed by atoms with Crippen molar-refractivity contribution in [2.75, 3.05) is 32.1 Å². The van der Waals surface area contributed by atoms with E-state index in [9.17, 15) is 14.4 Å². The van der Waals surface area contributed by atoms with Gasteiger partial charge in [-0.3, -0.25) is 14.4 Å². The van der Waals surface area contributed by atoms with E-state index in [2.05, 4.69) is 31.7 Å². The third kappa shape index (κ3) is 3.42. The molecule has 8 nitrogen and oxygen atoms in total. The minimum absolute atomic E-state index is 0.0342. The van der Waals surface area contributed by atoms with E-state index in [0.717, 1.165) is 28.7 Å². The van der Waals surface area contributed by atoms with Crippen molar-refractivity contribution in [3.63, 3.8) is 0 Å². The second-order valence-electron chi connectivity index (χ2n) is 8.39. The molecule has 2 aliphatic rings. The van der Waals surface area contributed by atoms with Crippen molar-refractivity contribution in [2.45, 2.75) is 25.6 Å². The molecule has 0 radical (unpaired) electrons. The molecule has 1 atom stereocenters. The predicted octanol–water partition coefficient (Wildman–Crippen LogP) is 2.47. The summed E-state index contributed by atoms with van der Waals surface area (Å²) in [6, 6.07) is 15.9. The molecule has 2 amide bonds. The molecule has 1 aromatic heterocycles. The van der Waals surface area contributed by atoms with Crippen LogP contribution in [0.25, 0.3) is 10.9 Å². The Bertz CT molecular complexity index is 1260. The molecule has 0 aliphatic carbocycles. The van der Waals surface area contributed by atoms with E-state index < -0.39 is 5.97 Å². The Morgan fingerprint density at radius 3 is 2.70 bits per heavy atom. The van der Waals surface area contributed by atoms with Gasteiger partial charge in [0.05, 0.1) is 24.1 Å². The van der Waals surface area contributed by atoms with Crippen LogP contribution in [0.1, 0.15) is 34.2 Å². The molecular formula is C25H26N4O4. The molecule has 33 heavy (non-hydrogen) atoms. The Kier molecular flexibility index (Phi) is 5.28. The van der Waals surface area contributed by atoms with Crippen LogP contribution in [-0.4, -0.2) is 54.5 Å². The highest BCUT2D eigenvalue weighted by Gasteiger charge is 2.42. The van der Waals surface area contributed by atoms with Gasteiger partial charge in [-0.1, -0.05) is 30.3 Å². The van der Waals surface area contributed by atoms with Crippen LogP contribution in [-0.2, 0) is 27.3 Å². The molecule has 0 fully saturated rings. The summed E-state index contributed by atoms with van der Waals surface area (Å²) in [5, 5.41) is 3.76. The highest BCUT2D eigenvalue weighted by atomic mass is 16.5. The van der Waals surface area contributed by atoms with Crippen LogP contribution >= 0.6 is 0 Å². The van der Waals surface area contributed by atoms with Crippen LogP contribution in [0, 0.1) is 0 Å². The average molecular weight is 447 g/mol. The summed E-state index contributed by atoms with van der Waals surface area (Å²) in [6.07, 6.45) is 0.722. The standard InChI is InChI=1S/C25H26N4O4/c1-27-19-9-5-4-8-18(19)25(32)29-13-11-17-16-7-3-6-10-20(16)28(23(17)24(27)29)14-12-21(30)26-15-22(31)33-2/h3-10,24H,11-15H2,1-2H3,(H,26,30). The molecule has 3 aromatic rings. The molecule has 2 aliphatic heterocycles. The zero-order valence-electron chi connectivity index (χ0n) is 18.7. The summed E-state index contributed by atoms with van der Waals surface area (Å²) in [4.78, 5) is 41.2. The molecule has 170 valence electrons. The maximum Gasteiger partial charge on any atom is 0.325 e. The minimum atomic E-state index is -0.483.